The van der Waals surface area contributed by atoms with Crippen LogP contribution in [-0.2, 0) is 6.42 Å². The highest BCUT2D eigenvalue weighted by atomic mass is 19.1. The number of hydrogen-bond donors (Lipinski definition) is 1. The van der Waals surface area contributed by atoms with Gasteiger partial charge in [-0.2, -0.15) is 0 Å². The summed E-state index contributed by atoms with van der Waals surface area (Å²) in [6.45, 7) is 3.59. The van der Waals surface area contributed by atoms with Crippen molar-refractivity contribution in [3.05, 3.63) is 47.0 Å². The molecule has 0 unspecified atom stereocenters. The van der Waals surface area contributed by atoms with E-state index in [2.05, 4.69) is 9.97 Å². The lowest BCUT2D eigenvalue weighted by Gasteiger charge is -2.08. The van der Waals surface area contributed by atoms with Gasteiger partial charge >= 0.3 is 5.97 Å². The maximum absolute atomic E-state index is 13.1. The summed E-state index contributed by atoms with van der Waals surface area (Å²) in [6, 6.07) is 4.33. The second kappa shape index (κ2) is 5.14. The van der Waals surface area contributed by atoms with Crippen LogP contribution in [0.2, 0.25) is 0 Å². The van der Waals surface area contributed by atoms with Crippen molar-refractivity contribution < 1.29 is 14.3 Å². The summed E-state index contributed by atoms with van der Waals surface area (Å²) in [6.07, 6.45) is 1.80. The SMILES string of the molecule is CCc1nc(-c2ccc(F)cc2C)ncc1C(=O)O. The average molecular weight is 260 g/mol. The highest BCUT2D eigenvalue weighted by molar-refractivity contribution is 5.88. The molecule has 1 N–H and O–H groups in total. The fourth-order valence-electron chi connectivity index (χ4n) is 1.87. The molecule has 1 heterocycles. The molecule has 0 saturated heterocycles. The molecule has 2 aromatic rings. The number of hydrogen-bond acceptors (Lipinski definition) is 3. The number of rotatable bonds is 3. The van der Waals surface area contributed by atoms with Gasteiger partial charge in [-0.05, 0) is 37.1 Å². The van der Waals surface area contributed by atoms with Crippen molar-refractivity contribution in [3.63, 3.8) is 0 Å². The Labute approximate surface area is 110 Å². The minimum Gasteiger partial charge on any atom is -0.478 e. The van der Waals surface area contributed by atoms with Gasteiger partial charge in [-0.3, -0.25) is 0 Å². The quantitative estimate of drug-likeness (QED) is 0.921. The zero-order chi connectivity index (χ0) is 14.0. The van der Waals surface area contributed by atoms with Gasteiger partial charge in [-0.15, -0.1) is 0 Å². The largest absolute Gasteiger partial charge is 0.478 e. The molecule has 0 aliphatic carbocycles. The van der Waals surface area contributed by atoms with Crippen molar-refractivity contribution in [3.8, 4) is 11.4 Å². The molecule has 0 saturated carbocycles. The summed E-state index contributed by atoms with van der Waals surface area (Å²) >= 11 is 0. The van der Waals surface area contributed by atoms with E-state index in [1.807, 2.05) is 6.92 Å². The van der Waals surface area contributed by atoms with Gasteiger partial charge in [0.1, 0.15) is 5.82 Å². The highest BCUT2D eigenvalue weighted by Gasteiger charge is 2.14. The molecular formula is C14H13FN2O2. The predicted octanol–water partition coefficient (Wildman–Crippen LogP) is 2.85. The Morgan fingerprint density at radius 2 is 2.16 bits per heavy atom. The summed E-state index contributed by atoms with van der Waals surface area (Å²) in [5.74, 6) is -0.947. The summed E-state index contributed by atoms with van der Waals surface area (Å²) < 4.78 is 13.1. The van der Waals surface area contributed by atoms with Crippen molar-refractivity contribution >= 4 is 5.97 Å². The molecule has 0 amide bonds. The third-order valence-electron chi connectivity index (χ3n) is 2.86. The number of carboxylic acid groups (broad SMARTS) is 1. The second-order valence-corrected chi connectivity index (χ2v) is 4.17. The number of aromatic nitrogens is 2. The van der Waals surface area contributed by atoms with Gasteiger partial charge in [0, 0.05) is 11.8 Å². The molecule has 0 bridgehead atoms. The van der Waals surface area contributed by atoms with E-state index in [-0.39, 0.29) is 11.4 Å². The van der Waals surface area contributed by atoms with Crippen molar-refractivity contribution in [2.75, 3.05) is 0 Å². The molecule has 4 nitrogen and oxygen atoms in total. The molecule has 0 fully saturated rings. The number of aryl methyl sites for hydroxylation is 2. The minimum atomic E-state index is -1.04. The first kappa shape index (κ1) is 13.1. The van der Waals surface area contributed by atoms with Gasteiger partial charge in [-0.25, -0.2) is 19.2 Å². The Hall–Kier alpha value is -2.30. The first-order valence-corrected chi connectivity index (χ1v) is 5.88. The number of carboxylic acids is 1. The predicted molar refractivity (Wildman–Crippen MR) is 68.5 cm³/mol. The molecule has 1 aromatic carbocycles. The smallest absolute Gasteiger partial charge is 0.339 e. The lowest BCUT2D eigenvalue weighted by atomic mass is 10.1. The molecule has 1 aromatic heterocycles. The van der Waals surface area contributed by atoms with E-state index >= 15 is 0 Å². The average Bonchev–Trinajstić information content (AvgIpc) is 2.37. The van der Waals surface area contributed by atoms with E-state index < -0.39 is 5.97 Å². The lowest BCUT2D eigenvalue weighted by Crippen LogP contribution is -2.07. The van der Waals surface area contributed by atoms with Crippen LogP contribution in [0.4, 0.5) is 4.39 Å². The second-order valence-electron chi connectivity index (χ2n) is 4.17. The van der Waals surface area contributed by atoms with Crippen LogP contribution >= 0.6 is 0 Å². The maximum Gasteiger partial charge on any atom is 0.339 e. The monoisotopic (exact) mass is 260 g/mol. The van der Waals surface area contributed by atoms with Crippen LogP contribution in [0.3, 0.4) is 0 Å². The third-order valence-corrected chi connectivity index (χ3v) is 2.86. The molecule has 5 heteroatoms. The number of benzene rings is 1. The topological polar surface area (TPSA) is 63.1 Å². The summed E-state index contributed by atoms with van der Waals surface area (Å²) in [7, 11) is 0. The Kier molecular flexibility index (Phi) is 3.55. The van der Waals surface area contributed by atoms with Crippen LogP contribution in [-0.4, -0.2) is 21.0 Å². The zero-order valence-corrected chi connectivity index (χ0v) is 10.6. The highest BCUT2D eigenvalue weighted by Crippen LogP contribution is 2.21. The number of nitrogens with zero attached hydrogens (tertiary/aromatic N) is 2. The van der Waals surface area contributed by atoms with Crippen molar-refractivity contribution in [1.29, 1.82) is 0 Å². The molecule has 19 heavy (non-hydrogen) atoms. The Balaban J connectivity index is 2.54. The van der Waals surface area contributed by atoms with Crippen molar-refractivity contribution in [2.45, 2.75) is 20.3 Å². The first-order chi connectivity index (χ1) is 9.02. The van der Waals surface area contributed by atoms with Gasteiger partial charge in [0.2, 0.25) is 0 Å². The van der Waals surface area contributed by atoms with E-state index in [0.717, 1.165) is 0 Å². The fourth-order valence-corrected chi connectivity index (χ4v) is 1.87. The van der Waals surface area contributed by atoms with Crippen molar-refractivity contribution in [1.82, 2.24) is 9.97 Å². The Bertz CT molecular complexity index is 641. The molecule has 0 atom stereocenters. The van der Waals surface area contributed by atoms with Crippen LogP contribution in [0, 0.1) is 12.7 Å². The molecular weight excluding hydrogens is 247 g/mol. The summed E-state index contributed by atoms with van der Waals surface area (Å²) in [4.78, 5) is 19.3. The standard InChI is InChI=1S/C14H13FN2O2/c1-3-12-11(14(18)19)7-16-13(17-12)10-5-4-9(15)6-8(10)2/h4-7H,3H2,1-2H3,(H,18,19). The van der Waals surface area contributed by atoms with Crippen LogP contribution in [0.15, 0.2) is 24.4 Å². The van der Waals surface area contributed by atoms with Gasteiger partial charge in [-0.1, -0.05) is 6.92 Å². The van der Waals surface area contributed by atoms with Gasteiger partial charge in [0.05, 0.1) is 11.3 Å². The minimum absolute atomic E-state index is 0.103. The van der Waals surface area contributed by atoms with Crippen LogP contribution in [0.25, 0.3) is 11.4 Å². The maximum atomic E-state index is 13.1. The summed E-state index contributed by atoms with van der Waals surface area (Å²) in [5.41, 5.74) is 1.99. The molecule has 2 rings (SSSR count). The molecule has 0 spiro atoms. The van der Waals surface area contributed by atoms with E-state index in [9.17, 15) is 9.18 Å². The van der Waals surface area contributed by atoms with E-state index in [1.165, 1.54) is 18.3 Å². The van der Waals surface area contributed by atoms with Gasteiger partial charge in [0.25, 0.3) is 0 Å². The van der Waals surface area contributed by atoms with Crippen LogP contribution < -0.4 is 0 Å². The number of carbonyl (C=O) groups is 1. The Morgan fingerprint density at radius 1 is 1.42 bits per heavy atom. The van der Waals surface area contributed by atoms with Crippen LogP contribution in [0.5, 0.6) is 0 Å². The lowest BCUT2D eigenvalue weighted by molar-refractivity contribution is 0.0694. The normalized spacial score (nSPS) is 10.5. The van der Waals surface area contributed by atoms with Crippen molar-refractivity contribution in [2.24, 2.45) is 0 Å². The van der Waals surface area contributed by atoms with Gasteiger partial charge in [0.15, 0.2) is 5.82 Å². The molecule has 98 valence electrons. The van der Waals surface area contributed by atoms with E-state index in [4.69, 9.17) is 5.11 Å². The first-order valence-electron chi connectivity index (χ1n) is 5.88. The zero-order valence-electron chi connectivity index (χ0n) is 10.6. The molecule has 0 radical (unpaired) electrons. The van der Waals surface area contributed by atoms with E-state index in [0.29, 0.717) is 29.1 Å². The molecule has 0 aliphatic heterocycles. The summed E-state index contributed by atoms with van der Waals surface area (Å²) in [5, 5.41) is 9.02. The van der Waals surface area contributed by atoms with Crippen LogP contribution in [0.1, 0.15) is 28.5 Å². The fraction of sp³-hybridized carbons (Fsp3) is 0.214. The number of halogens is 1. The Morgan fingerprint density at radius 3 is 2.74 bits per heavy atom. The third kappa shape index (κ3) is 2.59. The number of aromatic carboxylic acids is 1. The van der Waals surface area contributed by atoms with E-state index in [1.54, 1.807) is 13.0 Å². The molecule has 0 aliphatic rings. The van der Waals surface area contributed by atoms with Gasteiger partial charge < -0.3 is 5.11 Å².